The van der Waals surface area contributed by atoms with Crippen molar-refractivity contribution in [1.82, 2.24) is 5.32 Å². The molecule has 2 nitrogen and oxygen atoms in total. The molecule has 0 aromatic heterocycles. The third-order valence-electron chi connectivity index (χ3n) is 3.33. The van der Waals surface area contributed by atoms with Crippen molar-refractivity contribution in [2.24, 2.45) is 0 Å². The van der Waals surface area contributed by atoms with Gasteiger partial charge in [-0.2, -0.15) is 11.8 Å². The number of benzene rings is 2. The molecule has 2 aromatic rings. The van der Waals surface area contributed by atoms with E-state index in [-0.39, 0.29) is 0 Å². The fourth-order valence-electron chi connectivity index (χ4n) is 2.04. The third-order valence-corrected chi connectivity index (χ3v) is 4.30. The zero-order chi connectivity index (χ0) is 13.7. The Morgan fingerprint density at radius 2 is 1.84 bits per heavy atom. The van der Waals surface area contributed by atoms with Crippen LogP contribution in [0.3, 0.4) is 0 Å². The number of hydrogen-bond donors (Lipinski definition) is 2. The Bertz CT molecular complexity index is 529. The van der Waals surface area contributed by atoms with Gasteiger partial charge < -0.3 is 10.4 Å². The molecule has 0 amide bonds. The first kappa shape index (κ1) is 14.4. The summed E-state index contributed by atoms with van der Waals surface area (Å²) in [6.07, 6.45) is 1.66. The maximum Gasteiger partial charge on any atom is 0.0914 e. The number of nitrogens with one attached hydrogen (secondary N) is 1. The van der Waals surface area contributed by atoms with Gasteiger partial charge in [0, 0.05) is 18.3 Å². The van der Waals surface area contributed by atoms with Crippen LogP contribution in [0.5, 0.6) is 0 Å². The Morgan fingerprint density at radius 1 is 1.11 bits per heavy atom. The van der Waals surface area contributed by atoms with Crippen molar-refractivity contribution in [3.8, 4) is 0 Å². The summed E-state index contributed by atoms with van der Waals surface area (Å²) in [4.78, 5) is 0. The van der Waals surface area contributed by atoms with Crippen molar-refractivity contribution in [3.63, 3.8) is 0 Å². The summed E-state index contributed by atoms with van der Waals surface area (Å²) < 4.78 is 0. The lowest BCUT2D eigenvalue weighted by molar-refractivity contribution is 0.175. The fourth-order valence-corrected chi connectivity index (χ4v) is 2.32. The Balaban J connectivity index is 1.99. The van der Waals surface area contributed by atoms with Gasteiger partial charge in [-0.3, -0.25) is 0 Å². The van der Waals surface area contributed by atoms with Crippen molar-refractivity contribution in [2.45, 2.75) is 18.3 Å². The van der Waals surface area contributed by atoms with Crippen molar-refractivity contribution in [2.75, 3.05) is 19.3 Å². The van der Waals surface area contributed by atoms with E-state index in [4.69, 9.17) is 0 Å². The van der Waals surface area contributed by atoms with Gasteiger partial charge in [-0.15, -0.1) is 0 Å². The number of fused-ring (bicyclic) bond motifs is 1. The SMILES string of the molecule is CSC(C)CNCC(O)c1ccc2ccccc2c1. The summed E-state index contributed by atoms with van der Waals surface area (Å²) in [6.45, 7) is 3.70. The maximum atomic E-state index is 10.2. The summed E-state index contributed by atoms with van der Waals surface area (Å²) in [7, 11) is 0. The lowest BCUT2D eigenvalue weighted by Crippen LogP contribution is -2.27. The molecule has 2 N–H and O–H groups in total. The zero-order valence-corrected chi connectivity index (χ0v) is 12.3. The third kappa shape index (κ3) is 3.96. The number of aliphatic hydroxyl groups excluding tert-OH is 1. The summed E-state index contributed by atoms with van der Waals surface area (Å²) in [6, 6.07) is 14.4. The van der Waals surface area contributed by atoms with Crippen LogP contribution in [-0.4, -0.2) is 29.7 Å². The highest BCUT2D eigenvalue weighted by Gasteiger charge is 2.08. The predicted molar refractivity (Wildman–Crippen MR) is 84.8 cm³/mol. The van der Waals surface area contributed by atoms with Gasteiger partial charge in [0.05, 0.1) is 6.10 Å². The smallest absolute Gasteiger partial charge is 0.0914 e. The molecule has 2 rings (SSSR count). The number of aliphatic hydroxyl groups is 1. The van der Waals surface area contributed by atoms with Crippen molar-refractivity contribution < 1.29 is 5.11 Å². The summed E-state index contributed by atoms with van der Waals surface area (Å²) in [5.74, 6) is 0. The van der Waals surface area contributed by atoms with Crippen molar-refractivity contribution in [3.05, 3.63) is 48.0 Å². The number of thioether (sulfide) groups is 1. The van der Waals surface area contributed by atoms with Crippen molar-refractivity contribution >= 4 is 22.5 Å². The fraction of sp³-hybridized carbons (Fsp3) is 0.375. The van der Waals surface area contributed by atoms with Crippen LogP contribution < -0.4 is 5.32 Å². The van der Waals surface area contributed by atoms with Crippen LogP contribution >= 0.6 is 11.8 Å². The van der Waals surface area contributed by atoms with Crippen LogP contribution in [-0.2, 0) is 0 Å². The van der Waals surface area contributed by atoms with Crippen molar-refractivity contribution in [1.29, 1.82) is 0 Å². The van der Waals surface area contributed by atoms with Crippen LogP contribution in [0, 0.1) is 0 Å². The molecule has 0 bridgehead atoms. The standard InChI is InChI=1S/C16H21NOS/c1-12(19-2)10-17-11-16(18)15-8-7-13-5-3-4-6-14(13)9-15/h3-9,12,16-18H,10-11H2,1-2H3. The monoisotopic (exact) mass is 275 g/mol. The summed E-state index contributed by atoms with van der Waals surface area (Å²) in [5, 5.41) is 16.5. The normalized spacial score (nSPS) is 14.5. The van der Waals surface area contributed by atoms with Gasteiger partial charge in [0.15, 0.2) is 0 Å². The number of rotatable bonds is 6. The zero-order valence-electron chi connectivity index (χ0n) is 11.5. The van der Waals surface area contributed by atoms with E-state index in [0.717, 1.165) is 12.1 Å². The molecule has 0 saturated heterocycles. The molecule has 0 heterocycles. The number of hydrogen-bond acceptors (Lipinski definition) is 3. The molecule has 0 aliphatic rings. The molecular formula is C16H21NOS. The maximum absolute atomic E-state index is 10.2. The first-order valence-corrected chi connectivity index (χ1v) is 7.90. The first-order valence-electron chi connectivity index (χ1n) is 6.61. The Labute approximate surface area is 119 Å². The van der Waals surface area contributed by atoms with E-state index in [1.54, 1.807) is 0 Å². The minimum Gasteiger partial charge on any atom is -0.387 e. The molecule has 19 heavy (non-hydrogen) atoms. The molecule has 2 aromatic carbocycles. The highest BCUT2D eigenvalue weighted by molar-refractivity contribution is 7.99. The molecule has 3 heteroatoms. The Hall–Kier alpha value is -1.03. The molecule has 0 spiro atoms. The molecule has 0 aliphatic carbocycles. The average molecular weight is 275 g/mol. The van der Waals surface area contributed by atoms with Gasteiger partial charge in [-0.05, 0) is 28.7 Å². The molecule has 2 unspecified atom stereocenters. The summed E-state index contributed by atoms with van der Waals surface area (Å²) in [5.41, 5.74) is 0.975. The second kappa shape index (κ2) is 6.94. The van der Waals surface area contributed by atoms with E-state index in [1.165, 1.54) is 10.8 Å². The lowest BCUT2D eigenvalue weighted by atomic mass is 10.0. The highest BCUT2D eigenvalue weighted by atomic mass is 32.2. The second-order valence-electron chi connectivity index (χ2n) is 4.83. The van der Waals surface area contributed by atoms with Gasteiger partial charge in [-0.1, -0.05) is 43.3 Å². The average Bonchev–Trinajstić information content (AvgIpc) is 2.46. The van der Waals surface area contributed by atoms with E-state index >= 15 is 0 Å². The van der Waals surface area contributed by atoms with Gasteiger partial charge in [0.2, 0.25) is 0 Å². The van der Waals surface area contributed by atoms with Gasteiger partial charge in [-0.25, -0.2) is 0 Å². The Morgan fingerprint density at radius 3 is 2.58 bits per heavy atom. The van der Waals surface area contributed by atoms with Crippen LogP contribution in [0.2, 0.25) is 0 Å². The molecule has 2 atom stereocenters. The molecule has 0 radical (unpaired) electrons. The van der Waals surface area contributed by atoms with E-state index in [9.17, 15) is 5.11 Å². The first-order chi connectivity index (χ1) is 9.20. The predicted octanol–water partition coefficient (Wildman–Crippen LogP) is 3.21. The van der Waals surface area contributed by atoms with E-state index in [1.807, 2.05) is 30.0 Å². The van der Waals surface area contributed by atoms with E-state index in [0.29, 0.717) is 11.8 Å². The minimum absolute atomic E-state index is 0.446. The van der Waals surface area contributed by atoms with Gasteiger partial charge in [0.25, 0.3) is 0 Å². The van der Waals surface area contributed by atoms with Crippen LogP contribution in [0.25, 0.3) is 10.8 Å². The Kier molecular flexibility index (Phi) is 5.25. The van der Waals surface area contributed by atoms with Gasteiger partial charge in [0.1, 0.15) is 0 Å². The minimum atomic E-state index is -0.446. The second-order valence-corrected chi connectivity index (χ2v) is 6.10. The topological polar surface area (TPSA) is 32.3 Å². The molecular weight excluding hydrogens is 254 g/mol. The lowest BCUT2D eigenvalue weighted by Gasteiger charge is -2.15. The van der Waals surface area contributed by atoms with Gasteiger partial charge >= 0.3 is 0 Å². The summed E-state index contributed by atoms with van der Waals surface area (Å²) >= 11 is 1.83. The largest absolute Gasteiger partial charge is 0.387 e. The van der Waals surface area contributed by atoms with Crippen LogP contribution in [0.15, 0.2) is 42.5 Å². The molecule has 0 saturated carbocycles. The van der Waals surface area contributed by atoms with Crippen LogP contribution in [0.1, 0.15) is 18.6 Å². The van der Waals surface area contributed by atoms with Crippen LogP contribution in [0.4, 0.5) is 0 Å². The molecule has 0 aliphatic heterocycles. The quantitative estimate of drug-likeness (QED) is 0.849. The molecule has 0 fully saturated rings. The van der Waals surface area contributed by atoms with E-state index in [2.05, 4.69) is 42.8 Å². The molecule has 102 valence electrons. The van der Waals surface area contributed by atoms with E-state index < -0.39 is 6.10 Å². The highest BCUT2D eigenvalue weighted by Crippen LogP contribution is 2.20.